The topological polar surface area (TPSA) is 26.3 Å². The van der Waals surface area contributed by atoms with Gasteiger partial charge in [0.25, 0.3) is 0 Å². The Balaban J connectivity index is 1.48. The minimum atomic E-state index is -0.319. The van der Waals surface area contributed by atoms with Crippen LogP contribution in [0.4, 0.5) is 0 Å². The summed E-state index contributed by atoms with van der Waals surface area (Å²) in [6.45, 7) is 0. The summed E-state index contributed by atoms with van der Waals surface area (Å²) in [5.74, 6) is 0.265. The highest BCUT2D eigenvalue weighted by Gasteiger charge is 2.22. The molecule has 0 fully saturated rings. The van der Waals surface area contributed by atoms with E-state index in [1.54, 1.807) is 0 Å². The van der Waals surface area contributed by atoms with Crippen LogP contribution in [0.2, 0.25) is 0 Å². The number of fused-ring (bicyclic) bond motifs is 1. The number of hydrogen-bond acceptors (Lipinski definition) is 2. The highest BCUT2D eigenvalue weighted by atomic mass is 16.5. The molecule has 0 saturated heterocycles. The lowest BCUT2D eigenvalue weighted by Gasteiger charge is -2.05. The van der Waals surface area contributed by atoms with E-state index in [0.29, 0.717) is 11.3 Å². The lowest BCUT2D eigenvalue weighted by molar-refractivity contribution is -0.130. The molecule has 1 aliphatic rings. The molecular weight excluding hydrogens is 356 g/mol. The number of ether oxygens (including phenoxy) is 1. The van der Waals surface area contributed by atoms with E-state index in [-0.39, 0.29) is 5.97 Å². The average molecular weight is 374 g/mol. The fourth-order valence-corrected chi connectivity index (χ4v) is 3.63. The molecule has 2 nitrogen and oxygen atoms in total. The molecule has 0 saturated carbocycles. The van der Waals surface area contributed by atoms with Crippen molar-refractivity contribution >= 4 is 28.6 Å². The van der Waals surface area contributed by atoms with Gasteiger partial charge in [0.15, 0.2) is 0 Å². The zero-order valence-electron chi connectivity index (χ0n) is 15.7. The van der Waals surface area contributed by atoms with Crippen LogP contribution in [0, 0.1) is 0 Å². The predicted octanol–water partition coefficient (Wildman–Crippen LogP) is 6.49. The minimum Gasteiger partial charge on any atom is -0.422 e. The Labute approximate surface area is 169 Å². The third-order valence-electron chi connectivity index (χ3n) is 5.14. The van der Waals surface area contributed by atoms with Crippen molar-refractivity contribution in [1.82, 2.24) is 0 Å². The van der Waals surface area contributed by atoms with Gasteiger partial charge in [0.1, 0.15) is 5.76 Å². The average Bonchev–Trinajstić information content (AvgIpc) is 3.15. The molecule has 0 N–H and O–H groups in total. The van der Waals surface area contributed by atoms with Crippen LogP contribution < -0.4 is 0 Å². The lowest BCUT2D eigenvalue weighted by atomic mass is 10.0. The monoisotopic (exact) mass is 374 g/mol. The first-order chi connectivity index (χ1) is 14.3. The van der Waals surface area contributed by atoms with Crippen LogP contribution in [-0.4, -0.2) is 5.97 Å². The molecule has 0 unspecified atom stereocenters. The predicted molar refractivity (Wildman–Crippen MR) is 118 cm³/mol. The number of benzene rings is 4. The van der Waals surface area contributed by atoms with Gasteiger partial charge in [-0.25, -0.2) is 4.79 Å². The Morgan fingerprint density at radius 3 is 2.10 bits per heavy atom. The summed E-state index contributed by atoms with van der Waals surface area (Å²) >= 11 is 0. The van der Waals surface area contributed by atoms with Gasteiger partial charge >= 0.3 is 5.97 Å². The molecule has 4 aromatic carbocycles. The molecule has 0 spiro atoms. The smallest absolute Gasteiger partial charge is 0.343 e. The van der Waals surface area contributed by atoms with E-state index in [1.165, 1.54) is 0 Å². The van der Waals surface area contributed by atoms with Crippen molar-refractivity contribution in [3.63, 3.8) is 0 Å². The van der Waals surface area contributed by atoms with Crippen LogP contribution in [0.1, 0.15) is 11.1 Å². The summed E-state index contributed by atoms with van der Waals surface area (Å²) in [6.07, 6.45) is 3.72. The molecule has 0 aromatic heterocycles. The molecular formula is C27H18O2. The van der Waals surface area contributed by atoms with Crippen molar-refractivity contribution in [2.75, 3.05) is 0 Å². The number of carbonyl (C=O) groups excluding carboxylic acids is 1. The van der Waals surface area contributed by atoms with E-state index >= 15 is 0 Å². The number of cyclic esters (lactones) is 1. The Bertz CT molecular complexity index is 1260. The Hall–Kier alpha value is -3.91. The molecule has 2 heteroatoms. The van der Waals surface area contributed by atoms with Crippen molar-refractivity contribution in [3.8, 4) is 11.1 Å². The van der Waals surface area contributed by atoms with Crippen molar-refractivity contribution in [2.24, 2.45) is 0 Å². The molecule has 0 aliphatic carbocycles. The number of carbonyl (C=O) groups is 1. The second-order valence-corrected chi connectivity index (χ2v) is 7.01. The quantitative estimate of drug-likeness (QED) is 0.303. The Kier molecular flexibility index (Phi) is 4.30. The van der Waals surface area contributed by atoms with Gasteiger partial charge in [-0.1, -0.05) is 97.1 Å². The molecule has 5 rings (SSSR count). The molecule has 0 atom stereocenters. The third kappa shape index (κ3) is 3.37. The van der Waals surface area contributed by atoms with E-state index in [0.717, 1.165) is 33.0 Å². The maximum atomic E-state index is 12.4. The van der Waals surface area contributed by atoms with Crippen molar-refractivity contribution < 1.29 is 9.53 Å². The molecule has 138 valence electrons. The summed E-state index contributed by atoms with van der Waals surface area (Å²) < 4.78 is 5.54. The van der Waals surface area contributed by atoms with E-state index in [9.17, 15) is 4.79 Å². The standard InChI is InChI=1S/C27H18O2/c28-27-24(17-23-11-6-10-21-9-4-5-12-25(21)23)18-26(29-27)22-15-13-20(14-16-22)19-7-2-1-3-8-19/h1-18H/b24-17+. The number of hydrogen-bond donors (Lipinski definition) is 0. The van der Waals surface area contributed by atoms with Gasteiger partial charge in [-0.3, -0.25) is 0 Å². The first-order valence-electron chi connectivity index (χ1n) is 9.57. The highest BCUT2D eigenvalue weighted by Crippen LogP contribution is 2.30. The van der Waals surface area contributed by atoms with E-state index in [4.69, 9.17) is 4.74 Å². The summed E-state index contributed by atoms with van der Waals surface area (Å²) in [4.78, 5) is 12.4. The van der Waals surface area contributed by atoms with Crippen LogP contribution in [0.15, 0.2) is 109 Å². The van der Waals surface area contributed by atoms with Gasteiger partial charge in [-0.2, -0.15) is 0 Å². The maximum Gasteiger partial charge on any atom is 0.343 e. The first kappa shape index (κ1) is 17.2. The molecule has 4 aromatic rings. The molecule has 0 radical (unpaired) electrons. The van der Waals surface area contributed by atoms with Crippen LogP contribution in [0.5, 0.6) is 0 Å². The van der Waals surface area contributed by atoms with Crippen LogP contribution >= 0.6 is 0 Å². The van der Waals surface area contributed by atoms with Gasteiger partial charge in [0.05, 0.1) is 5.57 Å². The molecule has 0 bridgehead atoms. The zero-order valence-corrected chi connectivity index (χ0v) is 15.7. The van der Waals surface area contributed by atoms with Gasteiger partial charge < -0.3 is 4.74 Å². The van der Waals surface area contributed by atoms with E-state index in [1.807, 2.05) is 78.9 Å². The van der Waals surface area contributed by atoms with Gasteiger partial charge in [0.2, 0.25) is 0 Å². The largest absolute Gasteiger partial charge is 0.422 e. The number of rotatable bonds is 3. The SMILES string of the molecule is O=C1OC(c2ccc(-c3ccccc3)cc2)=C/C1=C\c1cccc2ccccc12. The van der Waals surface area contributed by atoms with E-state index in [2.05, 4.69) is 30.3 Å². The summed E-state index contributed by atoms with van der Waals surface area (Å²) in [5.41, 5.74) is 4.74. The van der Waals surface area contributed by atoms with Crippen LogP contribution in [0.3, 0.4) is 0 Å². The highest BCUT2D eigenvalue weighted by molar-refractivity contribution is 6.06. The van der Waals surface area contributed by atoms with Crippen molar-refractivity contribution in [3.05, 3.63) is 120 Å². The Morgan fingerprint density at radius 2 is 1.28 bits per heavy atom. The van der Waals surface area contributed by atoms with Crippen molar-refractivity contribution in [2.45, 2.75) is 0 Å². The summed E-state index contributed by atoms with van der Waals surface area (Å²) in [7, 11) is 0. The number of esters is 1. The molecule has 29 heavy (non-hydrogen) atoms. The molecule has 1 aliphatic heterocycles. The second-order valence-electron chi connectivity index (χ2n) is 7.01. The summed E-state index contributed by atoms with van der Waals surface area (Å²) in [6, 6.07) is 32.5. The third-order valence-corrected chi connectivity index (χ3v) is 5.14. The summed E-state index contributed by atoms with van der Waals surface area (Å²) in [5, 5.41) is 2.26. The maximum absolute atomic E-state index is 12.4. The van der Waals surface area contributed by atoms with Crippen LogP contribution in [-0.2, 0) is 9.53 Å². The minimum absolute atomic E-state index is 0.319. The second kappa shape index (κ2) is 7.25. The van der Waals surface area contributed by atoms with Gasteiger partial charge in [-0.05, 0) is 39.6 Å². The molecule has 0 amide bonds. The van der Waals surface area contributed by atoms with E-state index < -0.39 is 0 Å². The lowest BCUT2D eigenvalue weighted by Crippen LogP contribution is -1.97. The van der Waals surface area contributed by atoms with Gasteiger partial charge in [0, 0.05) is 5.56 Å². The fraction of sp³-hybridized carbons (Fsp3) is 0. The van der Waals surface area contributed by atoms with Crippen LogP contribution in [0.25, 0.3) is 33.7 Å². The normalized spacial score (nSPS) is 14.8. The van der Waals surface area contributed by atoms with Gasteiger partial charge in [-0.15, -0.1) is 0 Å². The van der Waals surface area contributed by atoms with Crippen molar-refractivity contribution in [1.29, 1.82) is 0 Å². The first-order valence-corrected chi connectivity index (χ1v) is 9.57. The molecule has 1 heterocycles. The zero-order chi connectivity index (χ0) is 19.6. The fourth-order valence-electron chi connectivity index (χ4n) is 3.63. The Morgan fingerprint density at radius 1 is 0.621 bits per heavy atom.